The van der Waals surface area contributed by atoms with E-state index in [1.807, 2.05) is 0 Å². The van der Waals surface area contributed by atoms with Crippen molar-refractivity contribution in [1.82, 2.24) is 4.90 Å². The first kappa shape index (κ1) is 2.85. The molecule has 1 aliphatic heterocycles. The van der Waals surface area contributed by atoms with Crippen molar-refractivity contribution < 1.29 is 11.0 Å². The zero-order chi connectivity index (χ0) is 15.4. The first-order valence-corrected chi connectivity index (χ1v) is 3.78. The molecule has 0 aromatic heterocycles. The third-order valence-electron chi connectivity index (χ3n) is 1.63. The molecule has 0 aliphatic carbocycles. The third-order valence-corrected chi connectivity index (χ3v) is 1.63. The van der Waals surface area contributed by atoms with Crippen molar-refractivity contribution in [3.8, 4) is 0 Å². The van der Waals surface area contributed by atoms with E-state index in [-0.39, 0.29) is 6.54 Å². The summed E-state index contributed by atoms with van der Waals surface area (Å²) in [5.74, 6) is 0. The van der Waals surface area contributed by atoms with Crippen LogP contribution < -0.4 is 0 Å². The molecular formula is C11H15N. The summed E-state index contributed by atoms with van der Waals surface area (Å²) < 4.78 is 62.1. The molecule has 1 saturated heterocycles. The summed E-state index contributed by atoms with van der Waals surface area (Å²) >= 11 is 0. The fourth-order valence-electron chi connectivity index (χ4n) is 1.06. The number of likely N-dealkylation sites (tertiary alicyclic amines) is 1. The van der Waals surface area contributed by atoms with Crippen LogP contribution in [0.5, 0.6) is 0 Å². The van der Waals surface area contributed by atoms with Crippen molar-refractivity contribution in [3.05, 3.63) is 35.9 Å². The summed E-state index contributed by atoms with van der Waals surface area (Å²) in [4.78, 5) is 0.620. The molecule has 1 heteroatoms. The minimum Gasteiger partial charge on any atom is -0.299 e. The van der Waals surface area contributed by atoms with Gasteiger partial charge in [0.05, 0.1) is 0 Å². The number of benzene rings is 1. The van der Waals surface area contributed by atoms with Gasteiger partial charge in [-0.15, -0.1) is 0 Å². The number of hydrogen-bond donors (Lipinski definition) is 0. The Balaban J connectivity index is 2.47. The second-order valence-electron chi connectivity index (χ2n) is 2.55. The molecule has 2 rings (SSSR count). The molecule has 0 saturated carbocycles. The Morgan fingerprint density at radius 3 is 2.50 bits per heavy atom. The SMILES string of the molecule is [2H]C1([2H])N(Cc2ccccc2)C([2H])([2H])C([2H])([2H])C1([2H])[2H]. The van der Waals surface area contributed by atoms with Gasteiger partial charge in [-0.3, -0.25) is 4.90 Å². The van der Waals surface area contributed by atoms with Crippen LogP contribution in [0.2, 0.25) is 0 Å². The lowest BCUT2D eigenvalue weighted by Gasteiger charge is -2.13. The molecule has 0 N–H and O–H groups in total. The lowest BCUT2D eigenvalue weighted by molar-refractivity contribution is 0.331. The second kappa shape index (κ2) is 3.72. The van der Waals surface area contributed by atoms with Gasteiger partial charge in [-0.25, -0.2) is 0 Å². The molecule has 1 nitrogen and oxygen atoms in total. The highest BCUT2D eigenvalue weighted by Gasteiger charge is 2.10. The van der Waals surface area contributed by atoms with E-state index in [1.54, 1.807) is 30.3 Å². The minimum absolute atomic E-state index is 0.208. The monoisotopic (exact) mass is 169 g/mol. The summed E-state index contributed by atoms with van der Waals surface area (Å²) in [5.41, 5.74) is 0.591. The van der Waals surface area contributed by atoms with Gasteiger partial charge in [0.25, 0.3) is 0 Å². The maximum Gasteiger partial charge on any atom is 0.0431 e. The molecule has 0 radical (unpaired) electrons. The number of hydrogen-bond acceptors (Lipinski definition) is 1. The Bertz CT molecular complexity index is 472. The van der Waals surface area contributed by atoms with E-state index in [1.165, 1.54) is 0 Å². The molecule has 0 spiro atoms. The van der Waals surface area contributed by atoms with E-state index in [0.717, 1.165) is 0 Å². The van der Waals surface area contributed by atoms with E-state index in [2.05, 4.69) is 0 Å². The van der Waals surface area contributed by atoms with Gasteiger partial charge in [-0.1, -0.05) is 30.3 Å². The van der Waals surface area contributed by atoms with Crippen molar-refractivity contribution in [2.45, 2.75) is 19.3 Å². The zero-order valence-electron chi connectivity index (χ0n) is 14.5. The van der Waals surface area contributed by atoms with E-state index in [4.69, 9.17) is 11.0 Å². The van der Waals surface area contributed by atoms with E-state index in [9.17, 15) is 0 Å². The van der Waals surface area contributed by atoms with Gasteiger partial charge in [-0.05, 0) is 31.3 Å². The highest BCUT2D eigenvalue weighted by atomic mass is 15.1. The van der Waals surface area contributed by atoms with Crippen LogP contribution in [-0.4, -0.2) is 17.9 Å². The summed E-state index contributed by atoms with van der Waals surface area (Å²) in [5, 5.41) is 0. The van der Waals surface area contributed by atoms with Crippen molar-refractivity contribution in [2.75, 3.05) is 13.0 Å². The summed E-state index contributed by atoms with van der Waals surface area (Å²) in [6, 6.07) is 8.50. The minimum atomic E-state index is -2.96. The lowest BCUT2D eigenvalue weighted by atomic mass is 10.2. The van der Waals surface area contributed by atoms with Crippen LogP contribution in [0.15, 0.2) is 30.3 Å². The molecule has 12 heavy (non-hydrogen) atoms. The van der Waals surface area contributed by atoms with Gasteiger partial charge in [0, 0.05) is 17.5 Å². The van der Waals surface area contributed by atoms with Crippen LogP contribution in [0, 0.1) is 0 Å². The quantitative estimate of drug-likeness (QED) is 0.656. The normalized spacial score (nSPS) is 45.0. The standard InChI is InChI=1S/C11H15N/c1-2-6-11(7-3-1)10-12-8-4-5-9-12/h1-3,6-7H,4-5,8-10H2/i4D2,5D2,8D2,9D2. The van der Waals surface area contributed by atoms with Crippen LogP contribution in [0.1, 0.15) is 29.3 Å². The second-order valence-corrected chi connectivity index (χ2v) is 2.55. The number of nitrogens with zero attached hydrogens (tertiary/aromatic N) is 1. The molecule has 0 unspecified atom stereocenters. The molecule has 0 bridgehead atoms. The van der Waals surface area contributed by atoms with Crippen LogP contribution >= 0.6 is 0 Å². The first-order chi connectivity index (χ1) is 8.96. The predicted molar refractivity (Wildman–Crippen MR) is 51.0 cm³/mol. The van der Waals surface area contributed by atoms with Crippen LogP contribution in [0.3, 0.4) is 0 Å². The number of rotatable bonds is 2. The molecule has 64 valence electrons. The lowest BCUT2D eigenvalue weighted by Crippen LogP contribution is -2.18. The summed E-state index contributed by atoms with van der Waals surface area (Å²) in [6.45, 7) is -5.72. The Morgan fingerprint density at radius 2 is 1.83 bits per heavy atom. The fraction of sp³-hybridized carbons (Fsp3) is 0.455. The summed E-state index contributed by atoms with van der Waals surface area (Å²) in [6.07, 6.45) is -5.92. The fourth-order valence-corrected chi connectivity index (χ4v) is 1.06. The van der Waals surface area contributed by atoms with Gasteiger partial charge in [0.2, 0.25) is 0 Å². The molecule has 1 aromatic carbocycles. The third kappa shape index (κ3) is 1.86. The smallest absolute Gasteiger partial charge is 0.0431 e. The Kier molecular flexibility index (Phi) is 0.883. The van der Waals surface area contributed by atoms with Crippen LogP contribution in [0.4, 0.5) is 0 Å². The zero-order valence-corrected chi connectivity index (χ0v) is 6.54. The molecule has 1 heterocycles. The maximum atomic E-state index is 7.84. The average molecular weight is 169 g/mol. The molecule has 1 aliphatic rings. The van der Waals surface area contributed by atoms with Gasteiger partial charge >= 0.3 is 0 Å². The van der Waals surface area contributed by atoms with Crippen LogP contribution in [-0.2, 0) is 6.54 Å². The molecular weight excluding hydrogens is 146 g/mol. The topological polar surface area (TPSA) is 3.24 Å². The maximum absolute atomic E-state index is 7.84. The Hall–Kier alpha value is -0.820. The van der Waals surface area contributed by atoms with Crippen molar-refractivity contribution in [2.24, 2.45) is 0 Å². The summed E-state index contributed by atoms with van der Waals surface area (Å²) in [7, 11) is 0. The largest absolute Gasteiger partial charge is 0.299 e. The highest BCUT2D eigenvalue weighted by Crippen LogP contribution is 2.11. The van der Waals surface area contributed by atoms with Gasteiger partial charge in [0.15, 0.2) is 0 Å². The van der Waals surface area contributed by atoms with Crippen LogP contribution in [0.25, 0.3) is 0 Å². The van der Waals surface area contributed by atoms with E-state index < -0.39 is 25.7 Å². The van der Waals surface area contributed by atoms with Crippen molar-refractivity contribution >= 4 is 0 Å². The van der Waals surface area contributed by atoms with E-state index >= 15 is 0 Å². The average Bonchev–Trinajstić information content (AvgIpc) is 2.41. The van der Waals surface area contributed by atoms with Gasteiger partial charge in [0.1, 0.15) is 0 Å². The van der Waals surface area contributed by atoms with Crippen molar-refractivity contribution in [3.63, 3.8) is 0 Å². The Morgan fingerprint density at radius 1 is 1.17 bits per heavy atom. The molecule has 0 atom stereocenters. The predicted octanol–water partition coefficient (Wildman–Crippen LogP) is 2.28. The first-order valence-electron chi connectivity index (χ1n) is 7.78. The molecule has 0 amide bonds. The highest BCUT2D eigenvalue weighted by molar-refractivity contribution is 5.14. The van der Waals surface area contributed by atoms with Gasteiger partial charge in [-0.2, -0.15) is 0 Å². The van der Waals surface area contributed by atoms with Crippen molar-refractivity contribution in [1.29, 1.82) is 0 Å². The molecule has 1 fully saturated rings. The van der Waals surface area contributed by atoms with Gasteiger partial charge < -0.3 is 0 Å². The Labute approximate surface area is 85.2 Å². The molecule has 1 aromatic rings. The van der Waals surface area contributed by atoms with E-state index in [0.29, 0.717) is 10.5 Å².